The van der Waals surface area contributed by atoms with Crippen molar-refractivity contribution in [3.05, 3.63) is 12.7 Å². The van der Waals surface area contributed by atoms with Gasteiger partial charge in [-0.25, -0.2) is 4.79 Å². The SMILES string of the molecule is C=CC(C)NC(C)CC1CCCN1C(=O)OC(C)(C)C. The van der Waals surface area contributed by atoms with Crippen LogP contribution >= 0.6 is 0 Å². The molecule has 0 spiro atoms. The summed E-state index contributed by atoms with van der Waals surface area (Å²) in [6.45, 7) is 14.6. The minimum absolute atomic E-state index is 0.177. The quantitative estimate of drug-likeness (QED) is 0.786. The van der Waals surface area contributed by atoms with Gasteiger partial charge in [0.2, 0.25) is 0 Å². The van der Waals surface area contributed by atoms with E-state index in [1.807, 2.05) is 31.7 Å². The van der Waals surface area contributed by atoms with Crippen molar-refractivity contribution in [1.82, 2.24) is 10.2 Å². The summed E-state index contributed by atoms with van der Waals surface area (Å²) in [5.41, 5.74) is -0.425. The Balaban J connectivity index is 2.52. The molecule has 0 aromatic carbocycles. The largest absolute Gasteiger partial charge is 0.444 e. The standard InChI is InChI=1S/C16H30N2O2/c1-7-12(2)17-13(3)11-14-9-8-10-18(14)15(19)20-16(4,5)6/h7,12-14,17H,1,8-11H2,2-6H3. The maximum atomic E-state index is 12.2. The van der Waals surface area contributed by atoms with Crippen LogP contribution in [0, 0.1) is 0 Å². The monoisotopic (exact) mass is 282 g/mol. The first kappa shape index (κ1) is 17.0. The molecule has 3 atom stereocenters. The topological polar surface area (TPSA) is 41.6 Å². The van der Waals surface area contributed by atoms with Gasteiger partial charge in [0.1, 0.15) is 5.60 Å². The van der Waals surface area contributed by atoms with E-state index < -0.39 is 5.60 Å². The van der Waals surface area contributed by atoms with Crippen LogP contribution in [0.25, 0.3) is 0 Å². The fourth-order valence-electron chi connectivity index (χ4n) is 2.63. The highest BCUT2D eigenvalue weighted by Crippen LogP contribution is 2.24. The number of likely N-dealkylation sites (tertiary alicyclic amines) is 1. The van der Waals surface area contributed by atoms with Crippen LogP contribution in [0.3, 0.4) is 0 Å². The zero-order valence-corrected chi connectivity index (χ0v) is 13.6. The molecular formula is C16H30N2O2. The predicted octanol–water partition coefficient (Wildman–Crippen LogP) is 3.33. The summed E-state index contributed by atoms with van der Waals surface area (Å²) in [5.74, 6) is 0. The Kier molecular flexibility index (Phi) is 6.06. The molecule has 0 aliphatic carbocycles. The van der Waals surface area contributed by atoms with Gasteiger partial charge >= 0.3 is 6.09 Å². The van der Waals surface area contributed by atoms with Crippen molar-refractivity contribution in [2.24, 2.45) is 0 Å². The van der Waals surface area contributed by atoms with Crippen LogP contribution < -0.4 is 5.32 Å². The number of hydrogen-bond acceptors (Lipinski definition) is 3. The second-order valence-corrected chi connectivity index (χ2v) is 6.80. The Morgan fingerprint density at radius 3 is 2.70 bits per heavy atom. The van der Waals surface area contributed by atoms with Crippen molar-refractivity contribution in [2.75, 3.05) is 6.54 Å². The zero-order valence-electron chi connectivity index (χ0n) is 13.6. The predicted molar refractivity (Wildman–Crippen MR) is 82.8 cm³/mol. The molecule has 1 aliphatic heterocycles. The van der Waals surface area contributed by atoms with E-state index in [0.717, 1.165) is 25.8 Å². The van der Waals surface area contributed by atoms with E-state index in [1.54, 1.807) is 0 Å². The van der Waals surface area contributed by atoms with Crippen LogP contribution in [0.5, 0.6) is 0 Å². The lowest BCUT2D eigenvalue weighted by Gasteiger charge is -2.30. The molecule has 3 unspecified atom stereocenters. The lowest BCUT2D eigenvalue weighted by Crippen LogP contribution is -2.43. The number of carbonyl (C=O) groups is 1. The molecule has 0 saturated carbocycles. The van der Waals surface area contributed by atoms with Gasteiger partial charge in [-0.3, -0.25) is 0 Å². The molecule has 4 nitrogen and oxygen atoms in total. The summed E-state index contributed by atoms with van der Waals surface area (Å²) >= 11 is 0. The van der Waals surface area contributed by atoms with Gasteiger partial charge in [-0.1, -0.05) is 6.08 Å². The summed E-state index contributed by atoms with van der Waals surface area (Å²) in [6, 6.07) is 0.932. The zero-order chi connectivity index (χ0) is 15.3. The molecule has 4 heteroatoms. The third-order valence-electron chi connectivity index (χ3n) is 3.53. The third kappa shape index (κ3) is 5.53. The van der Waals surface area contributed by atoms with Gasteiger partial charge in [0.05, 0.1) is 0 Å². The third-order valence-corrected chi connectivity index (χ3v) is 3.53. The van der Waals surface area contributed by atoms with Crippen molar-refractivity contribution >= 4 is 6.09 Å². The lowest BCUT2D eigenvalue weighted by molar-refractivity contribution is 0.0214. The Hall–Kier alpha value is -1.03. The average molecular weight is 282 g/mol. The maximum absolute atomic E-state index is 12.2. The van der Waals surface area contributed by atoms with E-state index in [1.165, 1.54) is 0 Å². The highest BCUT2D eigenvalue weighted by Gasteiger charge is 2.32. The summed E-state index contributed by atoms with van der Waals surface area (Å²) in [6.07, 6.45) is 4.80. The van der Waals surface area contributed by atoms with Gasteiger partial charge in [0.15, 0.2) is 0 Å². The van der Waals surface area contributed by atoms with Crippen molar-refractivity contribution in [1.29, 1.82) is 0 Å². The first-order valence-corrected chi connectivity index (χ1v) is 7.61. The van der Waals surface area contributed by atoms with Gasteiger partial charge in [0, 0.05) is 24.7 Å². The number of nitrogens with zero attached hydrogens (tertiary/aromatic N) is 1. The number of hydrogen-bond donors (Lipinski definition) is 1. The molecule has 1 amide bonds. The molecule has 1 rings (SSSR count). The molecule has 0 radical (unpaired) electrons. The smallest absolute Gasteiger partial charge is 0.410 e. The van der Waals surface area contributed by atoms with Crippen LogP contribution in [0.4, 0.5) is 4.79 Å². The van der Waals surface area contributed by atoms with Crippen molar-refractivity contribution in [3.63, 3.8) is 0 Å². The summed E-state index contributed by atoms with van der Waals surface area (Å²) in [5, 5.41) is 3.47. The van der Waals surface area contributed by atoms with Crippen LogP contribution in [0.1, 0.15) is 53.9 Å². The average Bonchev–Trinajstić information content (AvgIpc) is 2.74. The number of rotatable bonds is 5. The van der Waals surface area contributed by atoms with Gasteiger partial charge < -0.3 is 15.0 Å². The Morgan fingerprint density at radius 2 is 2.15 bits per heavy atom. The Bertz CT molecular complexity index is 336. The molecular weight excluding hydrogens is 252 g/mol. The fraction of sp³-hybridized carbons (Fsp3) is 0.812. The van der Waals surface area contributed by atoms with Crippen molar-refractivity contribution in [2.45, 2.75) is 77.6 Å². The van der Waals surface area contributed by atoms with E-state index in [0.29, 0.717) is 12.1 Å². The minimum Gasteiger partial charge on any atom is -0.444 e. The van der Waals surface area contributed by atoms with Crippen LogP contribution in [0.2, 0.25) is 0 Å². The highest BCUT2D eigenvalue weighted by atomic mass is 16.6. The van der Waals surface area contributed by atoms with Gasteiger partial charge in [-0.05, 0) is 53.9 Å². The van der Waals surface area contributed by atoms with Gasteiger partial charge in [-0.15, -0.1) is 6.58 Å². The van der Waals surface area contributed by atoms with Gasteiger partial charge in [-0.2, -0.15) is 0 Å². The molecule has 20 heavy (non-hydrogen) atoms. The van der Waals surface area contributed by atoms with E-state index in [-0.39, 0.29) is 12.1 Å². The first-order valence-electron chi connectivity index (χ1n) is 7.61. The molecule has 0 aromatic heterocycles. The number of ether oxygens (including phenoxy) is 1. The van der Waals surface area contributed by atoms with E-state index in [9.17, 15) is 4.79 Å². The fourth-order valence-corrected chi connectivity index (χ4v) is 2.63. The van der Waals surface area contributed by atoms with Crippen LogP contribution in [-0.4, -0.2) is 41.3 Å². The Labute approximate surface area is 123 Å². The second kappa shape index (κ2) is 7.11. The van der Waals surface area contributed by atoms with Crippen molar-refractivity contribution in [3.8, 4) is 0 Å². The van der Waals surface area contributed by atoms with E-state index in [2.05, 4.69) is 25.7 Å². The van der Waals surface area contributed by atoms with E-state index in [4.69, 9.17) is 4.74 Å². The van der Waals surface area contributed by atoms with Crippen LogP contribution in [-0.2, 0) is 4.74 Å². The normalized spacial score (nSPS) is 22.4. The van der Waals surface area contributed by atoms with Crippen LogP contribution in [0.15, 0.2) is 12.7 Å². The number of amides is 1. The number of carbonyl (C=O) groups excluding carboxylic acids is 1. The minimum atomic E-state index is -0.425. The molecule has 116 valence electrons. The number of nitrogens with one attached hydrogen (secondary N) is 1. The molecule has 1 aliphatic rings. The highest BCUT2D eigenvalue weighted by molar-refractivity contribution is 5.68. The summed E-state index contributed by atoms with van der Waals surface area (Å²) in [7, 11) is 0. The molecule has 1 heterocycles. The molecule has 1 N–H and O–H groups in total. The Morgan fingerprint density at radius 1 is 1.50 bits per heavy atom. The van der Waals surface area contributed by atoms with E-state index >= 15 is 0 Å². The summed E-state index contributed by atoms with van der Waals surface area (Å²) in [4.78, 5) is 14.1. The molecule has 0 bridgehead atoms. The van der Waals surface area contributed by atoms with Gasteiger partial charge in [0.25, 0.3) is 0 Å². The molecule has 0 aromatic rings. The molecule has 1 fully saturated rings. The second-order valence-electron chi connectivity index (χ2n) is 6.80. The summed E-state index contributed by atoms with van der Waals surface area (Å²) < 4.78 is 5.49. The van der Waals surface area contributed by atoms with Crippen molar-refractivity contribution < 1.29 is 9.53 Å². The first-order chi connectivity index (χ1) is 9.23. The lowest BCUT2D eigenvalue weighted by atomic mass is 10.1. The molecule has 1 saturated heterocycles. The maximum Gasteiger partial charge on any atom is 0.410 e.